The van der Waals surface area contributed by atoms with Gasteiger partial charge in [-0.15, -0.1) is 0 Å². The maximum Gasteiger partial charge on any atom is 0.342 e. The molecule has 4 N–H and O–H groups in total. The van der Waals surface area contributed by atoms with Crippen LogP contribution in [0.4, 0.5) is 0 Å². The van der Waals surface area contributed by atoms with Crippen LogP contribution in [0.5, 0.6) is 17.2 Å². The van der Waals surface area contributed by atoms with E-state index in [2.05, 4.69) is 10.6 Å². The number of rotatable bonds is 9. The molecule has 4 rings (SSSR count). The number of nitrogens with one attached hydrogen (secondary N) is 2. The summed E-state index contributed by atoms with van der Waals surface area (Å²) in [7, 11) is 1.51. The van der Waals surface area contributed by atoms with E-state index in [0.717, 1.165) is 0 Å². The molecule has 244 valence electrons. The number of ketones is 1. The Bertz CT molecular complexity index is 1540. The number of hydrogen-bond donors (Lipinski definition) is 4. The van der Waals surface area contributed by atoms with Gasteiger partial charge in [-0.3, -0.25) is 14.4 Å². The summed E-state index contributed by atoms with van der Waals surface area (Å²) in [6.45, 7) is 1.57. The summed E-state index contributed by atoms with van der Waals surface area (Å²) >= 11 is 0. The first-order chi connectivity index (χ1) is 22.2. The summed E-state index contributed by atoms with van der Waals surface area (Å²) in [5, 5.41) is 28.2. The zero-order valence-corrected chi connectivity index (χ0v) is 26.0. The number of esters is 1. The van der Waals surface area contributed by atoms with Crippen LogP contribution in [0.15, 0.2) is 59.2 Å². The normalized spacial score (nSPS) is 16.4. The van der Waals surface area contributed by atoms with Crippen LogP contribution in [-0.2, 0) is 25.7 Å². The fourth-order valence-electron chi connectivity index (χ4n) is 5.34. The van der Waals surface area contributed by atoms with E-state index in [4.69, 9.17) is 13.9 Å². The highest BCUT2D eigenvalue weighted by Gasteiger charge is 2.31. The Morgan fingerprint density at radius 3 is 2.52 bits per heavy atom. The number of Topliss-reactive ketones (excluding diaryl/α,β-unsaturated/α-hetero) is 1. The number of methoxy groups -OCH3 is 1. The van der Waals surface area contributed by atoms with Gasteiger partial charge in [0, 0.05) is 30.7 Å². The fourth-order valence-corrected chi connectivity index (χ4v) is 5.34. The van der Waals surface area contributed by atoms with Gasteiger partial charge in [-0.05, 0) is 74.1 Å². The maximum atomic E-state index is 13.5. The lowest BCUT2D eigenvalue weighted by molar-refractivity contribution is -0.126. The predicted octanol–water partition coefficient (Wildman–Crippen LogP) is 5.14. The standard InChI is InChI=1S/C35H40N2O9/c1-22-8-6-11-25(38)10-5-3-4-9-24-18-29(39)33(34(42)32(24)35(43)46-22)28(23-13-15-26(44-2)16-14-23)19-30(40)37-21-31(41)36-20-27-12-7-17-45-27/h4,7,9,12-18,22,28,39,42H,3,5-6,8,10-11,19-21H2,1-2H3,(H,36,41)(H,37,40)/t22-,28?/m0/s1. The zero-order chi connectivity index (χ0) is 33.1. The van der Waals surface area contributed by atoms with Gasteiger partial charge in [0.15, 0.2) is 0 Å². The minimum atomic E-state index is -0.921. The Labute approximate surface area is 267 Å². The van der Waals surface area contributed by atoms with E-state index < -0.39 is 35.6 Å². The molecule has 1 aliphatic rings. The number of allylic oxidation sites excluding steroid dienone is 1. The molecule has 1 aromatic heterocycles. The number of furan rings is 1. The first kappa shape index (κ1) is 33.8. The molecular weight excluding hydrogens is 592 g/mol. The van der Waals surface area contributed by atoms with Gasteiger partial charge in [0.2, 0.25) is 11.8 Å². The molecule has 3 aromatic rings. The van der Waals surface area contributed by atoms with Gasteiger partial charge in [-0.1, -0.05) is 24.3 Å². The molecule has 0 saturated carbocycles. The van der Waals surface area contributed by atoms with Crippen molar-refractivity contribution in [3.05, 3.63) is 82.8 Å². The number of cyclic esters (lactones) is 1. The molecule has 2 heterocycles. The predicted molar refractivity (Wildman–Crippen MR) is 169 cm³/mol. The molecule has 2 amide bonds. The van der Waals surface area contributed by atoms with Crippen molar-refractivity contribution in [2.45, 2.75) is 70.4 Å². The number of carbonyl (C=O) groups is 4. The minimum Gasteiger partial charge on any atom is -0.507 e. The highest BCUT2D eigenvalue weighted by atomic mass is 16.5. The monoisotopic (exact) mass is 632 g/mol. The van der Waals surface area contributed by atoms with Crippen LogP contribution < -0.4 is 15.4 Å². The topological polar surface area (TPSA) is 164 Å². The lowest BCUT2D eigenvalue weighted by Gasteiger charge is -2.23. The Morgan fingerprint density at radius 2 is 1.80 bits per heavy atom. The van der Waals surface area contributed by atoms with E-state index in [1.54, 1.807) is 55.5 Å². The van der Waals surface area contributed by atoms with Gasteiger partial charge < -0.3 is 34.7 Å². The largest absolute Gasteiger partial charge is 0.507 e. The molecule has 0 aliphatic carbocycles. The maximum absolute atomic E-state index is 13.5. The van der Waals surface area contributed by atoms with Gasteiger partial charge >= 0.3 is 5.97 Å². The highest BCUT2D eigenvalue weighted by molar-refractivity contribution is 5.98. The van der Waals surface area contributed by atoms with Crippen LogP contribution in [0.2, 0.25) is 0 Å². The zero-order valence-electron chi connectivity index (χ0n) is 26.0. The van der Waals surface area contributed by atoms with Crippen molar-refractivity contribution in [2.24, 2.45) is 0 Å². The van der Waals surface area contributed by atoms with Crippen molar-refractivity contribution in [1.82, 2.24) is 10.6 Å². The number of aromatic hydroxyl groups is 2. The second-order valence-electron chi connectivity index (χ2n) is 11.2. The fraction of sp³-hybridized carbons (Fsp3) is 0.371. The van der Waals surface area contributed by atoms with E-state index in [1.807, 2.05) is 0 Å². The number of hydrogen-bond acceptors (Lipinski definition) is 9. The van der Waals surface area contributed by atoms with Gasteiger partial charge in [0.05, 0.1) is 32.6 Å². The van der Waals surface area contributed by atoms with Crippen molar-refractivity contribution in [3.8, 4) is 17.2 Å². The molecule has 0 radical (unpaired) electrons. The van der Waals surface area contributed by atoms with E-state index in [9.17, 15) is 29.4 Å². The van der Waals surface area contributed by atoms with Crippen LogP contribution in [0.3, 0.4) is 0 Å². The number of ether oxygens (including phenoxy) is 2. The molecule has 2 aromatic carbocycles. The second kappa shape index (κ2) is 16.3. The second-order valence-corrected chi connectivity index (χ2v) is 11.2. The van der Waals surface area contributed by atoms with Crippen LogP contribution in [0.25, 0.3) is 6.08 Å². The number of carbonyl (C=O) groups excluding carboxylic acids is 4. The summed E-state index contributed by atoms with van der Waals surface area (Å²) in [5.41, 5.74) is 0.614. The molecule has 46 heavy (non-hydrogen) atoms. The first-order valence-electron chi connectivity index (χ1n) is 15.3. The quantitative estimate of drug-likeness (QED) is 0.234. The summed E-state index contributed by atoms with van der Waals surface area (Å²) in [6.07, 6.45) is 7.16. The van der Waals surface area contributed by atoms with Crippen molar-refractivity contribution < 1.29 is 43.3 Å². The highest BCUT2D eigenvalue weighted by Crippen LogP contribution is 2.44. The third-order valence-electron chi connectivity index (χ3n) is 7.79. The Morgan fingerprint density at radius 1 is 1.04 bits per heavy atom. The number of phenolic OH excluding ortho intramolecular Hbond substituents is 2. The van der Waals surface area contributed by atoms with E-state index in [-0.39, 0.29) is 47.7 Å². The van der Waals surface area contributed by atoms with Gasteiger partial charge in [0.25, 0.3) is 0 Å². The van der Waals surface area contributed by atoms with E-state index in [1.165, 1.54) is 19.4 Å². The molecule has 0 bridgehead atoms. The Hall–Kier alpha value is -5.06. The molecule has 1 unspecified atom stereocenters. The van der Waals surface area contributed by atoms with Gasteiger partial charge in [-0.25, -0.2) is 4.79 Å². The van der Waals surface area contributed by atoms with Crippen LogP contribution >= 0.6 is 0 Å². The minimum absolute atomic E-state index is 0.0361. The summed E-state index contributed by atoms with van der Waals surface area (Å²) < 4.78 is 16.1. The number of benzene rings is 2. The van der Waals surface area contributed by atoms with Crippen molar-refractivity contribution in [1.29, 1.82) is 0 Å². The molecule has 11 heteroatoms. The van der Waals surface area contributed by atoms with Crippen LogP contribution in [0.1, 0.15) is 90.6 Å². The third-order valence-corrected chi connectivity index (χ3v) is 7.79. The summed E-state index contributed by atoms with van der Waals surface area (Å²) in [4.78, 5) is 51.2. The lowest BCUT2D eigenvalue weighted by atomic mass is 9.84. The molecular formula is C35H40N2O9. The molecule has 0 spiro atoms. The van der Waals surface area contributed by atoms with Gasteiger partial charge in [0.1, 0.15) is 34.4 Å². The van der Waals surface area contributed by atoms with E-state index in [0.29, 0.717) is 55.6 Å². The molecule has 0 fully saturated rings. The Kier molecular flexibility index (Phi) is 12.0. The van der Waals surface area contributed by atoms with Crippen molar-refractivity contribution in [2.75, 3.05) is 13.7 Å². The SMILES string of the molecule is COc1ccc(C(CC(=O)NCC(=O)NCc2ccco2)c2c(O)cc3c(c2O)C(=O)O[C@@H](C)CCCC(=O)CCCC=C3)cc1. The molecule has 2 atom stereocenters. The number of phenols is 2. The van der Waals surface area contributed by atoms with E-state index >= 15 is 0 Å². The smallest absolute Gasteiger partial charge is 0.342 e. The summed E-state index contributed by atoms with van der Waals surface area (Å²) in [6, 6.07) is 11.5. The molecule has 0 saturated heterocycles. The van der Waals surface area contributed by atoms with Crippen molar-refractivity contribution >= 4 is 29.6 Å². The number of fused-ring (bicyclic) bond motifs is 1. The third kappa shape index (κ3) is 9.23. The molecule has 11 nitrogen and oxygen atoms in total. The van der Waals surface area contributed by atoms with Crippen molar-refractivity contribution in [3.63, 3.8) is 0 Å². The van der Waals surface area contributed by atoms with Crippen LogP contribution in [0, 0.1) is 0 Å². The summed E-state index contributed by atoms with van der Waals surface area (Å²) in [5.74, 6) is -2.24. The van der Waals surface area contributed by atoms with Gasteiger partial charge in [-0.2, -0.15) is 0 Å². The average Bonchev–Trinajstić information content (AvgIpc) is 3.55. The average molecular weight is 633 g/mol. The van der Waals surface area contributed by atoms with Crippen LogP contribution in [-0.4, -0.2) is 53.5 Å². The Balaban J connectivity index is 1.65. The number of amides is 2. The molecule has 1 aliphatic heterocycles. The lowest BCUT2D eigenvalue weighted by Crippen LogP contribution is -2.37. The first-order valence-corrected chi connectivity index (χ1v) is 15.3.